The zero-order valence-corrected chi connectivity index (χ0v) is 7.04. The minimum absolute atomic E-state index is 0.0632. The van der Waals surface area contributed by atoms with Crippen LogP contribution in [0.25, 0.3) is 0 Å². The molecule has 5 heteroatoms. The van der Waals surface area contributed by atoms with Crippen molar-refractivity contribution in [2.45, 2.75) is 12.5 Å². The van der Waals surface area contributed by atoms with Crippen LogP contribution in [0.3, 0.4) is 0 Å². The normalized spacial score (nSPS) is 20.6. The second-order valence-corrected chi connectivity index (χ2v) is 2.94. The summed E-state index contributed by atoms with van der Waals surface area (Å²) in [5, 5.41) is 0. The van der Waals surface area contributed by atoms with Gasteiger partial charge in [0.2, 0.25) is 0 Å². The molecule has 0 bridgehead atoms. The summed E-state index contributed by atoms with van der Waals surface area (Å²) in [6, 6.07) is 5.82. The summed E-state index contributed by atoms with van der Waals surface area (Å²) in [5.74, 6) is -0.203. The van der Waals surface area contributed by atoms with E-state index in [1.165, 1.54) is 18.2 Å². The number of rotatable bonds is 2. The molecule has 1 aliphatic rings. The molecule has 0 N–H and O–H groups in total. The van der Waals surface area contributed by atoms with Gasteiger partial charge >= 0.3 is 6.36 Å². The molecule has 0 spiro atoms. The Morgan fingerprint density at radius 1 is 1.36 bits per heavy atom. The number of ether oxygens (including phenoxy) is 2. The lowest BCUT2D eigenvalue weighted by atomic mass is 10.1. The molecule has 0 aliphatic carbocycles. The van der Waals surface area contributed by atoms with Crippen molar-refractivity contribution in [3.05, 3.63) is 29.8 Å². The number of halogens is 3. The molecule has 0 aromatic heterocycles. The Morgan fingerprint density at radius 2 is 2.07 bits per heavy atom. The average molecular weight is 204 g/mol. The minimum Gasteiger partial charge on any atom is -0.406 e. The molecular weight excluding hydrogens is 197 g/mol. The Bertz CT molecular complexity index is 331. The van der Waals surface area contributed by atoms with E-state index in [1.807, 2.05) is 0 Å². The van der Waals surface area contributed by atoms with Crippen molar-refractivity contribution in [2.24, 2.45) is 0 Å². The molecule has 0 radical (unpaired) electrons. The molecule has 1 aromatic carbocycles. The van der Waals surface area contributed by atoms with E-state index in [-0.39, 0.29) is 11.9 Å². The van der Waals surface area contributed by atoms with Crippen molar-refractivity contribution in [2.75, 3.05) is 6.61 Å². The third-order valence-corrected chi connectivity index (χ3v) is 1.80. The Labute approximate surface area is 78.2 Å². The van der Waals surface area contributed by atoms with E-state index in [0.717, 1.165) is 0 Å². The van der Waals surface area contributed by atoms with Gasteiger partial charge in [-0.3, -0.25) is 0 Å². The molecule has 0 amide bonds. The molecule has 1 aliphatic heterocycles. The van der Waals surface area contributed by atoms with Crippen molar-refractivity contribution < 1.29 is 22.6 Å². The van der Waals surface area contributed by atoms with E-state index >= 15 is 0 Å². The van der Waals surface area contributed by atoms with Crippen LogP contribution in [-0.2, 0) is 4.74 Å². The molecule has 2 rings (SSSR count). The lowest BCUT2D eigenvalue weighted by Crippen LogP contribution is -2.17. The third-order valence-electron chi connectivity index (χ3n) is 1.80. The number of benzene rings is 1. The highest BCUT2D eigenvalue weighted by atomic mass is 19.4. The van der Waals surface area contributed by atoms with Gasteiger partial charge in [0.25, 0.3) is 0 Å². The van der Waals surface area contributed by atoms with Gasteiger partial charge < -0.3 is 9.47 Å². The topological polar surface area (TPSA) is 21.8 Å². The molecule has 1 saturated heterocycles. The predicted molar refractivity (Wildman–Crippen MR) is 41.8 cm³/mol. The Kier molecular flexibility index (Phi) is 2.11. The van der Waals surface area contributed by atoms with Crippen molar-refractivity contribution in [3.63, 3.8) is 0 Å². The van der Waals surface area contributed by atoms with Gasteiger partial charge in [-0.1, -0.05) is 12.1 Å². The van der Waals surface area contributed by atoms with Gasteiger partial charge in [-0.05, 0) is 17.7 Å². The molecule has 0 unspecified atom stereocenters. The van der Waals surface area contributed by atoms with E-state index in [1.54, 1.807) is 6.07 Å². The summed E-state index contributed by atoms with van der Waals surface area (Å²) in [6.45, 7) is 0.565. The van der Waals surface area contributed by atoms with E-state index in [9.17, 15) is 13.2 Å². The molecule has 14 heavy (non-hydrogen) atoms. The lowest BCUT2D eigenvalue weighted by molar-refractivity contribution is -0.274. The van der Waals surface area contributed by atoms with E-state index in [4.69, 9.17) is 4.74 Å². The molecule has 76 valence electrons. The molecule has 1 fully saturated rings. The van der Waals surface area contributed by atoms with Gasteiger partial charge in [0.1, 0.15) is 11.9 Å². The second-order valence-electron chi connectivity index (χ2n) is 2.94. The van der Waals surface area contributed by atoms with Crippen LogP contribution < -0.4 is 4.74 Å². The summed E-state index contributed by atoms with van der Waals surface area (Å²) < 4.78 is 44.2. The summed E-state index contributed by atoms with van der Waals surface area (Å²) in [5.41, 5.74) is 0.715. The summed E-state index contributed by atoms with van der Waals surface area (Å²) in [7, 11) is 0. The fraction of sp³-hybridized carbons (Fsp3) is 0.333. The van der Waals surface area contributed by atoms with Crippen LogP contribution in [0.1, 0.15) is 11.7 Å². The molecule has 2 nitrogen and oxygen atoms in total. The van der Waals surface area contributed by atoms with Crippen molar-refractivity contribution in [1.29, 1.82) is 0 Å². The van der Waals surface area contributed by atoms with Gasteiger partial charge in [0.05, 0.1) is 6.61 Å². The van der Waals surface area contributed by atoms with Gasteiger partial charge in [-0.25, -0.2) is 0 Å². The maximum atomic E-state index is 11.8. The summed E-state index contributed by atoms with van der Waals surface area (Å²) >= 11 is 0. The first kappa shape index (κ1) is 9.33. The van der Waals surface area contributed by atoms with Crippen molar-refractivity contribution in [3.8, 4) is 5.75 Å². The number of hydrogen-bond donors (Lipinski definition) is 0. The van der Waals surface area contributed by atoms with E-state index < -0.39 is 6.36 Å². The fourth-order valence-corrected chi connectivity index (χ4v) is 1.15. The maximum absolute atomic E-state index is 11.8. The molecule has 1 heterocycles. The second kappa shape index (κ2) is 3.16. The van der Waals surface area contributed by atoms with Gasteiger partial charge in [-0.2, -0.15) is 0 Å². The SMILES string of the molecule is FC(F)(F)Oc1cccc([C@@H]2CO2)c1. The first-order chi connectivity index (χ1) is 6.54. The lowest BCUT2D eigenvalue weighted by Gasteiger charge is -2.09. The van der Waals surface area contributed by atoms with Crippen LogP contribution in [0.4, 0.5) is 13.2 Å². The van der Waals surface area contributed by atoms with Gasteiger partial charge in [0, 0.05) is 0 Å². The minimum atomic E-state index is -4.64. The zero-order chi connectivity index (χ0) is 10.2. The maximum Gasteiger partial charge on any atom is 0.573 e. The summed E-state index contributed by atoms with van der Waals surface area (Å²) in [4.78, 5) is 0. The number of epoxide rings is 1. The van der Waals surface area contributed by atoms with Crippen LogP contribution in [0.2, 0.25) is 0 Å². The van der Waals surface area contributed by atoms with Gasteiger partial charge in [-0.15, -0.1) is 13.2 Å². The smallest absolute Gasteiger partial charge is 0.406 e. The Hall–Kier alpha value is -1.23. The Morgan fingerprint density at radius 3 is 2.64 bits per heavy atom. The van der Waals surface area contributed by atoms with E-state index in [2.05, 4.69) is 4.74 Å². The predicted octanol–water partition coefficient (Wildman–Crippen LogP) is 2.66. The summed E-state index contributed by atoms with van der Waals surface area (Å²) in [6.07, 6.45) is -4.70. The van der Waals surface area contributed by atoms with Crippen molar-refractivity contribution >= 4 is 0 Å². The number of hydrogen-bond acceptors (Lipinski definition) is 2. The first-order valence-electron chi connectivity index (χ1n) is 4.02. The van der Waals surface area contributed by atoms with Crippen LogP contribution in [-0.4, -0.2) is 13.0 Å². The molecular formula is C9H7F3O2. The zero-order valence-electron chi connectivity index (χ0n) is 7.04. The number of alkyl halides is 3. The fourth-order valence-electron chi connectivity index (χ4n) is 1.15. The first-order valence-corrected chi connectivity index (χ1v) is 4.02. The quantitative estimate of drug-likeness (QED) is 0.691. The molecule has 1 atom stereocenters. The monoisotopic (exact) mass is 204 g/mol. The van der Waals surface area contributed by atoms with E-state index in [0.29, 0.717) is 12.2 Å². The van der Waals surface area contributed by atoms with Crippen LogP contribution >= 0.6 is 0 Å². The molecule has 1 aromatic rings. The van der Waals surface area contributed by atoms with Crippen LogP contribution in [0.15, 0.2) is 24.3 Å². The standard InChI is InChI=1S/C9H7F3O2/c10-9(11,12)14-7-3-1-2-6(4-7)8-5-13-8/h1-4,8H,5H2/t8-/m0/s1. The van der Waals surface area contributed by atoms with Crippen LogP contribution in [0, 0.1) is 0 Å². The van der Waals surface area contributed by atoms with Crippen LogP contribution in [0.5, 0.6) is 5.75 Å². The highest BCUT2D eigenvalue weighted by molar-refractivity contribution is 5.31. The Balaban J connectivity index is 2.13. The van der Waals surface area contributed by atoms with Crippen molar-refractivity contribution in [1.82, 2.24) is 0 Å². The largest absolute Gasteiger partial charge is 0.573 e. The highest BCUT2D eigenvalue weighted by Crippen LogP contribution is 2.32. The van der Waals surface area contributed by atoms with Gasteiger partial charge in [0.15, 0.2) is 0 Å². The average Bonchev–Trinajstić information content (AvgIpc) is 2.83. The third kappa shape index (κ3) is 2.38. The highest BCUT2D eigenvalue weighted by Gasteiger charge is 2.32. The molecule has 0 saturated carbocycles.